The van der Waals surface area contributed by atoms with E-state index in [1.165, 1.54) is 0 Å². The van der Waals surface area contributed by atoms with Crippen LogP contribution >= 0.6 is 14.7 Å². The van der Waals surface area contributed by atoms with E-state index in [0.717, 1.165) is 0 Å². The van der Waals surface area contributed by atoms with Crippen LogP contribution in [0.25, 0.3) is 0 Å². The minimum absolute atomic E-state index is 0.293. The standard InChI is InChI=1S/C44H30O7P2/c45-43-37-23-13-14-24-38(37)44(49-43)39-27-25-31(50-52(46,33-15-5-1-6-16-33)34-17-7-2-8-18-34)29-41(39)48-42-30-32(26-28-40(42)44)51-53(47,35-19-9-3-10-20-35)36-21-11-4-12-22-36/h1-30H. The van der Waals surface area contributed by atoms with E-state index in [1.54, 1.807) is 97.1 Å². The Labute approximate surface area is 306 Å². The molecule has 9 heteroatoms. The minimum atomic E-state index is -3.63. The molecule has 258 valence electrons. The summed E-state index contributed by atoms with van der Waals surface area (Å²) >= 11 is 0. The molecule has 0 saturated heterocycles. The first kappa shape index (κ1) is 32.8. The van der Waals surface area contributed by atoms with Crippen LogP contribution in [0.1, 0.15) is 27.0 Å². The molecule has 53 heavy (non-hydrogen) atoms. The third-order valence-electron chi connectivity index (χ3n) is 9.51. The number of hydrogen-bond donors (Lipinski definition) is 0. The van der Waals surface area contributed by atoms with Gasteiger partial charge in [-0.3, -0.25) is 9.13 Å². The van der Waals surface area contributed by atoms with E-state index in [9.17, 15) is 13.9 Å². The van der Waals surface area contributed by atoms with E-state index in [4.69, 9.17) is 18.5 Å². The van der Waals surface area contributed by atoms with Crippen LogP contribution in [0.3, 0.4) is 0 Å². The average molecular weight is 733 g/mol. The van der Waals surface area contributed by atoms with Gasteiger partial charge < -0.3 is 18.5 Å². The van der Waals surface area contributed by atoms with Gasteiger partial charge in [-0.05, 0) is 78.9 Å². The predicted molar refractivity (Wildman–Crippen MR) is 205 cm³/mol. The Bertz CT molecular complexity index is 2360. The molecule has 2 aliphatic rings. The van der Waals surface area contributed by atoms with Crippen molar-refractivity contribution in [3.05, 3.63) is 204 Å². The first-order valence-corrected chi connectivity index (χ1v) is 20.2. The Morgan fingerprint density at radius 2 is 0.811 bits per heavy atom. The van der Waals surface area contributed by atoms with Gasteiger partial charge in [-0.2, -0.15) is 0 Å². The van der Waals surface area contributed by atoms with Crippen molar-refractivity contribution in [3.63, 3.8) is 0 Å². The average Bonchev–Trinajstić information content (AvgIpc) is 3.51. The first-order chi connectivity index (χ1) is 25.9. The van der Waals surface area contributed by atoms with Crippen molar-refractivity contribution >= 4 is 41.9 Å². The SMILES string of the molecule is O=C1OC2(c3ccc(OP(=O)(c4ccccc4)c4ccccc4)cc3Oc3cc(OP(=O)(c4ccccc4)c4ccccc4)ccc32)c2ccccc21. The highest BCUT2D eigenvalue weighted by atomic mass is 31.2. The van der Waals surface area contributed by atoms with Crippen LogP contribution in [0.4, 0.5) is 0 Å². The fourth-order valence-corrected chi connectivity index (χ4v) is 11.2. The number of ether oxygens (including phenoxy) is 2. The van der Waals surface area contributed by atoms with Crippen LogP contribution < -0.4 is 35.0 Å². The molecule has 0 atom stereocenters. The van der Waals surface area contributed by atoms with Crippen LogP contribution in [0.15, 0.2) is 182 Å². The smallest absolute Gasteiger partial charge is 0.340 e. The molecule has 0 unspecified atom stereocenters. The molecular formula is C44H30O7P2. The summed E-state index contributed by atoms with van der Waals surface area (Å²) < 4.78 is 55.6. The molecule has 0 bridgehead atoms. The summed E-state index contributed by atoms with van der Waals surface area (Å²) in [5, 5.41) is 2.14. The van der Waals surface area contributed by atoms with E-state index in [-0.39, 0.29) is 0 Å². The van der Waals surface area contributed by atoms with Gasteiger partial charge >= 0.3 is 20.7 Å². The second-order valence-corrected chi connectivity index (χ2v) is 17.3. The van der Waals surface area contributed by atoms with Gasteiger partial charge in [-0.15, -0.1) is 0 Å². The van der Waals surface area contributed by atoms with Crippen molar-refractivity contribution in [1.82, 2.24) is 0 Å². The number of fused-ring (bicyclic) bond motifs is 6. The second-order valence-electron chi connectivity index (χ2n) is 12.7. The summed E-state index contributed by atoms with van der Waals surface area (Å²) in [6.07, 6.45) is 0. The zero-order chi connectivity index (χ0) is 36.0. The number of carbonyl (C=O) groups is 1. The number of esters is 1. The van der Waals surface area contributed by atoms with Gasteiger partial charge in [0, 0.05) is 28.8 Å². The zero-order valence-electron chi connectivity index (χ0n) is 28.1. The van der Waals surface area contributed by atoms with Crippen LogP contribution in [0.5, 0.6) is 23.0 Å². The van der Waals surface area contributed by atoms with Gasteiger partial charge in [0.2, 0.25) is 0 Å². The maximum Gasteiger partial charge on any atom is 0.340 e. The molecule has 0 N–H and O–H groups in total. The molecule has 7 nitrogen and oxygen atoms in total. The molecule has 0 saturated carbocycles. The van der Waals surface area contributed by atoms with Crippen molar-refractivity contribution in [2.45, 2.75) is 5.60 Å². The largest absolute Gasteiger partial charge is 0.456 e. The summed E-state index contributed by atoms with van der Waals surface area (Å²) in [5.74, 6) is 0.773. The van der Waals surface area contributed by atoms with Crippen LogP contribution in [0.2, 0.25) is 0 Å². The fourth-order valence-electron chi connectivity index (χ4n) is 7.05. The van der Waals surface area contributed by atoms with E-state index in [1.807, 2.05) is 84.9 Å². The third-order valence-corrected chi connectivity index (χ3v) is 14.4. The maximum atomic E-state index is 14.8. The Kier molecular flexibility index (Phi) is 7.92. The highest BCUT2D eigenvalue weighted by Gasteiger charge is 2.53. The van der Waals surface area contributed by atoms with E-state index >= 15 is 0 Å². The Morgan fingerprint density at radius 1 is 0.434 bits per heavy atom. The normalized spacial score (nSPS) is 13.9. The number of benzene rings is 7. The van der Waals surface area contributed by atoms with Gasteiger partial charge in [0.05, 0.1) is 26.8 Å². The van der Waals surface area contributed by atoms with Crippen LogP contribution in [0, 0.1) is 0 Å². The Morgan fingerprint density at radius 3 is 1.23 bits per heavy atom. The summed E-state index contributed by atoms with van der Waals surface area (Å²) in [5.41, 5.74) is 0.841. The molecule has 9 rings (SSSR count). The highest BCUT2D eigenvalue weighted by Crippen LogP contribution is 2.58. The third kappa shape index (κ3) is 5.40. The van der Waals surface area contributed by atoms with Crippen LogP contribution in [-0.2, 0) is 19.5 Å². The Hall–Kier alpha value is -6.13. The lowest BCUT2D eigenvalue weighted by molar-refractivity contribution is 0.0224. The van der Waals surface area contributed by atoms with E-state index in [2.05, 4.69) is 0 Å². The van der Waals surface area contributed by atoms with Crippen molar-refractivity contribution in [2.75, 3.05) is 0 Å². The predicted octanol–water partition coefficient (Wildman–Crippen LogP) is 8.87. The molecule has 7 aromatic rings. The minimum Gasteiger partial charge on any atom is -0.456 e. The lowest BCUT2D eigenvalue weighted by atomic mass is 9.77. The Balaban J connectivity index is 1.18. The second kappa shape index (κ2) is 12.8. The van der Waals surface area contributed by atoms with Gasteiger partial charge in [-0.25, -0.2) is 4.79 Å². The number of rotatable bonds is 8. The van der Waals surface area contributed by atoms with E-state index < -0.39 is 26.3 Å². The summed E-state index contributed by atoms with van der Waals surface area (Å²) in [6, 6.07) is 53.9. The first-order valence-electron chi connectivity index (χ1n) is 17.0. The van der Waals surface area contributed by atoms with Gasteiger partial charge in [0.25, 0.3) is 0 Å². The molecule has 2 heterocycles. The molecule has 7 aromatic carbocycles. The van der Waals surface area contributed by atoms with Crippen molar-refractivity contribution in [3.8, 4) is 23.0 Å². The molecule has 2 aliphatic heterocycles. The lowest BCUT2D eigenvalue weighted by Gasteiger charge is -2.37. The van der Waals surface area contributed by atoms with Crippen molar-refractivity contribution < 1.29 is 32.4 Å². The maximum absolute atomic E-state index is 14.8. The van der Waals surface area contributed by atoms with E-state index in [0.29, 0.717) is 66.5 Å². The molecule has 0 fully saturated rings. The van der Waals surface area contributed by atoms with Crippen molar-refractivity contribution in [2.24, 2.45) is 0 Å². The van der Waals surface area contributed by atoms with Gasteiger partial charge in [0.15, 0.2) is 5.60 Å². The molecule has 0 aliphatic carbocycles. The topological polar surface area (TPSA) is 88.1 Å². The number of carbonyl (C=O) groups excluding carboxylic acids is 1. The molecule has 0 radical (unpaired) electrons. The highest BCUT2D eigenvalue weighted by molar-refractivity contribution is 7.75. The zero-order valence-corrected chi connectivity index (χ0v) is 29.9. The number of hydrogen-bond acceptors (Lipinski definition) is 7. The molecule has 0 amide bonds. The fraction of sp³-hybridized carbons (Fsp3) is 0.0227. The molecule has 1 spiro atoms. The molecular weight excluding hydrogens is 702 g/mol. The summed E-state index contributed by atoms with van der Waals surface area (Å²) in [4.78, 5) is 13.5. The lowest BCUT2D eigenvalue weighted by Crippen LogP contribution is -2.33. The summed E-state index contributed by atoms with van der Waals surface area (Å²) in [6.45, 7) is 0. The van der Waals surface area contributed by atoms with Gasteiger partial charge in [-0.1, -0.05) is 91.0 Å². The molecule has 0 aromatic heterocycles. The van der Waals surface area contributed by atoms with Crippen LogP contribution in [-0.4, -0.2) is 5.97 Å². The van der Waals surface area contributed by atoms with Crippen molar-refractivity contribution in [1.29, 1.82) is 0 Å². The monoisotopic (exact) mass is 732 g/mol. The van der Waals surface area contributed by atoms with Gasteiger partial charge in [0.1, 0.15) is 23.0 Å². The quantitative estimate of drug-likeness (QED) is 0.114. The summed E-state index contributed by atoms with van der Waals surface area (Å²) in [7, 11) is -7.25.